The third-order valence-corrected chi connectivity index (χ3v) is 5.81. The van der Waals surface area contributed by atoms with Crippen molar-refractivity contribution in [2.24, 2.45) is 15.9 Å². The van der Waals surface area contributed by atoms with Crippen molar-refractivity contribution < 1.29 is 27.6 Å². The molecule has 2 aromatic rings. The molecule has 12 nitrogen and oxygen atoms in total. The molecule has 0 aliphatic carbocycles. The lowest BCUT2D eigenvalue weighted by Gasteiger charge is -2.25. The summed E-state index contributed by atoms with van der Waals surface area (Å²) in [6.45, 7) is 3.53. The molecular weight excluding hydrogens is 509 g/mol. The normalized spacial score (nSPS) is 17.6. The fourth-order valence-corrected chi connectivity index (χ4v) is 4.07. The van der Waals surface area contributed by atoms with E-state index in [0.717, 1.165) is 29.2 Å². The first-order valence-corrected chi connectivity index (χ1v) is 11.3. The zero-order valence-corrected chi connectivity index (χ0v) is 19.9. The van der Waals surface area contributed by atoms with E-state index in [4.69, 9.17) is 10.6 Å². The minimum absolute atomic E-state index is 0.00549. The Morgan fingerprint density at radius 2 is 1.97 bits per heavy atom. The Kier molecular flexibility index (Phi) is 7.76. The Morgan fingerprint density at radius 3 is 2.63 bits per heavy atom. The SMILES string of the molecule is C=N/C=C\N(N)C[C@H]1CN(c2cc(F)c(N3CC=NN(c4ccc([N+](=O)[O-])cc4F)CC3)c(F)c2)C(=O)O1. The smallest absolute Gasteiger partial charge is 0.414 e. The lowest BCUT2D eigenvalue weighted by Crippen LogP contribution is -2.36. The average molecular weight is 532 g/mol. The second-order valence-electron chi connectivity index (χ2n) is 8.31. The zero-order valence-electron chi connectivity index (χ0n) is 19.9. The number of nitro benzene ring substituents is 1. The first-order chi connectivity index (χ1) is 18.2. The van der Waals surface area contributed by atoms with Crippen molar-refractivity contribution in [1.29, 1.82) is 0 Å². The third-order valence-electron chi connectivity index (χ3n) is 5.81. The van der Waals surface area contributed by atoms with Crippen LogP contribution in [0.25, 0.3) is 0 Å². The highest BCUT2D eigenvalue weighted by molar-refractivity contribution is 5.90. The molecule has 2 aromatic carbocycles. The van der Waals surface area contributed by atoms with Crippen LogP contribution in [0.2, 0.25) is 0 Å². The van der Waals surface area contributed by atoms with Gasteiger partial charge in [-0.05, 0) is 12.8 Å². The van der Waals surface area contributed by atoms with Crippen LogP contribution in [0.15, 0.2) is 52.8 Å². The minimum atomic E-state index is -0.917. The van der Waals surface area contributed by atoms with Crippen molar-refractivity contribution >= 4 is 41.8 Å². The average Bonchev–Trinajstić information content (AvgIpc) is 3.06. The number of nitro groups is 1. The highest BCUT2D eigenvalue weighted by Gasteiger charge is 2.34. The van der Waals surface area contributed by atoms with Gasteiger partial charge in [-0.25, -0.2) is 23.8 Å². The van der Waals surface area contributed by atoms with Crippen LogP contribution in [0.1, 0.15) is 0 Å². The van der Waals surface area contributed by atoms with Crippen molar-refractivity contribution in [3.63, 3.8) is 0 Å². The predicted octanol–water partition coefficient (Wildman–Crippen LogP) is 3.00. The van der Waals surface area contributed by atoms with Gasteiger partial charge in [0.1, 0.15) is 11.8 Å². The number of hydrogen-bond donors (Lipinski definition) is 1. The molecule has 2 aliphatic rings. The van der Waals surface area contributed by atoms with Crippen LogP contribution in [-0.4, -0.2) is 67.8 Å². The Balaban J connectivity index is 1.47. The summed E-state index contributed by atoms with van der Waals surface area (Å²) in [5, 5.41) is 17.5. The fourth-order valence-electron chi connectivity index (χ4n) is 4.07. The number of benzene rings is 2. The topological polar surface area (TPSA) is 133 Å². The molecule has 2 N–H and O–H groups in total. The van der Waals surface area contributed by atoms with Gasteiger partial charge >= 0.3 is 6.09 Å². The summed E-state index contributed by atoms with van der Waals surface area (Å²) in [7, 11) is 0. The van der Waals surface area contributed by atoms with Crippen molar-refractivity contribution in [3.05, 3.63) is 70.3 Å². The van der Waals surface area contributed by atoms with Crippen molar-refractivity contribution in [2.45, 2.75) is 6.10 Å². The first kappa shape index (κ1) is 26.4. The molecule has 0 saturated carbocycles. The van der Waals surface area contributed by atoms with E-state index in [1.54, 1.807) is 0 Å². The van der Waals surface area contributed by atoms with Crippen molar-refractivity contribution in [1.82, 2.24) is 5.01 Å². The number of rotatable bonds is 8. The van der Waals surface area contributed by atoms with Gasteiger partial charge in [-0.3, -0.25) is 25.0 Å². The van der Waals surface area contributed by atoms with Crippen LogP contribution in [0.5, 0.6) is 0 Å². The van der Waals surface area contributed by atoms with Gasteiger partial charge in [0.2, 0.25) is 0 Å². The number of carbonyl (C=O) groups excluding carboxylic acids is 1. The highest BCUT2D eigenvalue weighted by Crippen LogP contribution is 2.32. The van der Waals surface area contributed by atoms with Crippen LogP contribution in [0.4, 0.5) is 40.7 Å². The Morgan fingerprint density at radius 1 is 1.24 bits per heavy atom. The molecule has 1 fully saturated rings. The molecule has 1 saturated heterocycles. The number of hydrazone groups is 1. The number of carbonyl (C=O) groups is 1. The highest BCUT2D eigenvalue weighted by atomic mass is 19.1. The van der Waals surface area contributed by atoms with Gasteiger partial charge in [-0.15, -0.1) is 0 Å². The van der Waals surface area contributed by atoms with Gasteiger partial charge < -0.3 is 14.6 Å². The molecule has 0 radical (unpaired) electrons. The summed E-state index contributed by atoms with van der Waals surface area (Å²) in [4.78, 5) is 28.5. The number of nitrogens with two attached hydrogens (primary N) is 1. The number of amides is 1. The second kappa shape index (κ2) is 11.2. The molecule has 0 bridgehead atoms. The molecular formula is C23H23F3N8O4. The number of non-ortho nitro benzene ring substituents is 1. The number of halogens is 3. The summed E-state index contributed by atoms with van der Waals surface area (Å²) >= 11 is 0. The maximum absolute atomic E-state index is 15.2. The van der Waals surface area contributed by atoms with Gasteiger partial charge in [0.25, 0.3) is 5.69 Å². The lowest BCUT2D eigenvalue weighted by atomic mass is 10.2. The van der Waals surface area contributed by atoms with Gasteiger partial charge in [-0.2, -0.15) is 5.10 Å². The van der Waals surface area contributed by atoms with E-state index in [0.29, 0.717) is 0 Å². The Labute approximate surface area is 214 Å². The minimum Gasteiger partial charge on any atom is -0.442 e. The number of ether oxygens (including phenoxy) is 1. The third kappa shape index (κ3) is 5.67. The predicted molar refractivity (Wildman–Crippen MR) is 135 cm³/mol. The van der Waals surface area contributed by atoms with Gasteiger partial charge in [0, 0.05) is 43.4 Å². The number of hydrazine groups is 1. The largest absolute Gasteiger partial charge is 0.442 e. The zero-order chi connectivity index (χ0) is 27.4. The molecule has 1 amide bonds. The van der Waals surface area contributed by atoms with Gasteiger partial charge in [0.15, 0.2) is 17.5 Å². The van der Waals surface area contributed by atoms with E-state index in [2.05, 4.69) is 16.8 Å². The van der Waals surface area contributed by atoms with E-state index in [-0.39, 0.29) is 49.8 Å². The number of cyclic esters (lactones) is 1. The number of anilines is 3. The van der Waals surface area contributed by atoms with E-state index in [1.165, 1.54) is 39.6 Å². The molecule has 2 heterocycles. The van der Waals surface area contributed by atoms with E-state index in [9.17, 15) is 19.3 Å². The van der Waals surface area contributed by atoms with Crippen LogP contribution in [0, 0.1) is 27.6 Å². The molecule has 38 heavy (non-hydrogen) atoms. The molecule has 0 aromatic heterocycles. The molecule has 0 unspecified atom stereocenters. The van der Waals surface area contributed by atoms with E-state index < -0.39 is 40.3 Å². The maximum atomic E-state index is 15.2. The van der Waals surface area contributed by atoms with Crippen molar-refractivity contribution in [2.75, 3.05) is 47.5 Å². The second-order valence-corrected chi connectivity index (χ2v) is 8.31. The molecule has 4 rings (SSSR count). The van der Waals surface area contributed by atoms with Gasteiger partial charge in [0.05, 0.1) is 48.5 Å². The van der Waals surface area contributed by atoms with Crippen LogP contribution < -0.4 is 20.7 Å². The molecule has 2 aliphatic heterocycles. The fraction of sp³-hybridized carbons (Fsp3) is 0.261. The van der Waals surface area contributed by atoms with Crippen LogP contribution in [0.3, 0.4) is 0 Å². The number of aliphatic imine (C=N–C) groups is 1. The summed E-state index contributed by atoms with van der Waals surface area (Å²) in [6, 6.07) is 5.19. The quantitative estimate of drug-likeness (QED) is 0.237. The molecule has 200 valence electrons. The van der Waals surface area contributed by atoms with Crippen molar-refractivity contribution in [3.8, 4) is 0 Å². The Hall–Kier alpha value is -4.66. The van der Waals surface area contributed by atoms with Crippen LogP contribution >= 0.6 is 0 Å². The molecule has 15 heteroatoms. The molecule has 0 spiro atoms. The number of hydrogen-bond acceptors (Lipinski definition) is 10. The monoisotopic (exact) mass is 532 g/mol. The molecule has 1 atom stereocenters. The summed E-state index contributed by atoms with van der Waals surface area (Å²) in [6.07, 6.45) is 2.70. The number of nitrogens with zero attached hydrogens (tertiary/aromatic N) is 7. The van der Waals surface area contributed by atoms with Gasteiger partial charge in [-0.1, -0.05) is 0 Å². The summed E-state index contributed by atoms with van der Waals surface area (Å²) < 4.78 is 50.0. The maximum Gasteiger partial charge on any atom is 0.414 e. The standard InChI is InChI=1S/C23H23F3N8O4/c1-28-4-7-31(27)13-17-14-32(23(35)38-17)16-11-19(25)22(20(26)12-16)30-6-5-29-33(9-8-30)21-3-2-15(34(36)37)10-18(21)24/h2-5,7,10-12,17H,1,6,8-9,13-14,27H2/b7-4-/t17-/m0/s1. The summed E-state index contributed by atoms with van der Waals surface area (Å²) in [5.41, 5.74) is -0.794. The van der Waals surface area contributed by atoms with Crippen LogP contribution in [-0.2, 0) is 4.74 Å². The summed E-state index contributed by atoms with van der Waals surface area (Å²) in [5.74, 6) is 3.08. The Bertz CT molecular complexity index is 1280. The lowest BCUT2D eigenvalue weighted by molar-refractivity contribution is -0.385. The van der Waals surface area contributed by atoms with E-state index >= 15 is 8.78 Å². The van der Waals surface area contributed by atoms with E-state index in [1.807, 2.05) is 0 Å². The first-order valence-electron chi connectivity index (χ1n) is 11.3.